The molecule has 31 heavy (non-hydrogen) atoms. The fourth-order valence-electron chi connectivity index (χ4n) is 2.92. The fourth-order valence-corrected chi connectivity index (χ4v) is 3.32. The van der Waals surface area contributed by atoms with Gasteiger partial charge in [0.15, 0.2) is 18.2 Å². The number of nitrogens with one attached hydrogen (secondary N) is 1. The molecule has 7 nitrogen and oxygen atoms in total. The minimum Gasteiger partial charge on any atom is -0.463 e. The van der Waals surface area contributed by atoms with Crippen molar-refractivity contribution in [3.63, 3.8) is 0 Å². The number of para-hydroxylation sites is 1. The number of amides is 1. The molecule has 156 valence electrons. The van der Waals surface area contributed by atoms with Crippen molar-refractivity contribution in [2.24, 2.45) is 0 Å². The highest BCUT2D eigenvalue weighted by Gasteiger charge is 2.18. The zero-order valence-corrected chi connectivity index (χ0v) is 17.7. The topological polar surface area (TPSA) is 94.3 Å². The fraction of sp³-hybridized carbons (Fsp3) is 0.0909. The van der Waals surface area contributed by atoms with Gasteiger partial charge < -0.3 is 14.5 Å². The Morgan fingerprint density at radius 2 is 1.87 bits per heavy atom. The first kappa shape index (κ1) is 20.8. The Balaban J connectivity index is 1.53. The maximum atomic E-state index is 12.8. The third kappa shape index (κ3) is 4.52. The van der Waals surface area contributed by atoms with Crippen LogP contribution in [0.15, 0.2) is 59.2 Å². The molecule has 1 N–H and O–H groups in total. The quantitative estimate of drug-likeness (QED) is 0.410. The number of esters is 1. The van der Waals surface area contributed by atoms with Crippen LogP contribution in [0.2, 0.25) is 10.0 Å². The highest BCUT2D eigenvalue weighted by molar-refractivity contribution is 6.36. The van der Waals surface area contributed by atoms with Gasteiger partial charge in [0, 0.05) is 5.39 Å². The van der Waals surface area contributed by atoms with Crippen molar-refractivity contribution in [2.45, 2.75) is 6.92 Å². The third-order valence-electron chi connectivity index (χ3n) is 4.41. The largest absolute Gasteiger partial charge is 0.463 e. The number of aryl methyl sites for hydroxylation is 1. The van der Waals surface area contributed by atoms with Crippen LogP contribution in [0, 0.1) is 6.92 Å². The molecular formula is C22H15Cl2N3O4. The molecule has 4 rings (SSSR count). The van der Waals surface area contributed by atoms with Crippen molar-refractivity contribution in [3.8, 4) is 11.5 Å². The Bertz CT molecular complexity index is 1290. The van der Waals surface area contributed by atoms with Gasteiger partial charge in [-0.25, -0.2) is 14.8 Å². The molecular weight excluding hydrogens is 441 g/mol. The number of aromatic nitrogens is 2. The molecule has 0 saturated heterocycles. The van der Waals surface area contributed by atoms with Crippen LogP contribution in [0.25, 0.3) is 22.4 Å². The molecule has 0 atom stereocenters. The minimum absolute atomic E-state index is 0.138. The average molecular weight is 456 g/mol. The lowest BCUT2D eigenvalue weighted by Crippen LogP contribution is -2.22. The van der Waals surface area contributed by atoms with Crippen LogP contribution in [-0.4, -0.2) is 28.5 Å². The van der Waals surface area contributed by atoms with E-state index in [1.54, 1.807) is 43.3 Å². The maximum absolute atomic E-state index is 12.8. The van der Waals surface area contributed by atoms with E-state index in [1.165, 1.54) is 12.3 Å². The minimum atomic E-state index is -0.673. The second-order valence-corrected chi connectivity index (χ2v) is 7.37. The highest BCUT2D eigenvalue weighted by atomic mass is 35.5. The number of carbonyl (C=O) groups is 2. The smallest absolute Gasteiger partial charge is 0.339 e. The van der Waals surface area contributed by atoms with Gasteiger partial charge in [-0.15, -0.1) is 0 Å². The van der Waals surface area contributed by atoms with E-state index in [1.807, 2.05) is 6.07 Å². The second-order valence-electron chi connectivity index (χ2n) is 6.56. The molecule has 0 unspecified atom stereocenters. The number of furan rings is 1. The molecule has 9 heteroatoms. The van der Waals surface area contributed by atoms with Crippen molar-refractivity contribution >= 4 is 51.8 Å². The number of ether oxygens (including phenoxy) is 1. The van der Waals surface area contributed by atoms with Gasteiger partial charge in [-0.05, 0) is 37.3 Å². The molecule has 0 aliphatic carbocycles. The number of pyridine rings is 2. The van der Waals surface area contributed by atoms with Crippen LogP contribution in [0.3, 0.4) is 0 Å². The van der Waals surface area contributed by atoms with Crippen LogP contribution in [0.1, 0.15) is 16.1 Å². The summed E-state index contributed by atoms with van der Waals surface area (Å²) in [6, 6.07) is 13.7. The van der Waals surface area contributed by atoms with Crippen molar-refractivity contribution in [2.75, 3.05) is 11.9 Å². The van der Waals surface area contributed by atoms with E-state index in [0.29, 0.717) is 33.1 Å². The van der Waals surface area contributed by atoms with E-state index < -0.39 is 18.5 Å². The average Bonchev–Trinajstić information content (AvgIpc) is 3.30. The van der Waals surface area contributed by atoms with Gasteiger partial charge >= 0.3 is 5.97 Å². The van der Waals surface area contributed by atoms with Crippen LogP contribution >= 0.6 is 23.2 Å². The third-order valence-corrected chi connectivity index (χ3v) is 5.08. The van der Waals surface area contributed by atoms with Gasteiger partial charge in [-0.3, -0.25) is 4.79 Å². The van der Waals surface area contributed by atoms with Gasteiger partial charge in [0.25, 0.3) is 5.91 Å². The van der Waals surface area contributed by atoms with Gasteiger partial charge in [0.05, 0.1) is 33.1 Å². The Hall–Kier alpha value is -3.42. The predicted molar refractivity (Wildman–Crippen MR) is 117 cm³/mol. The lowest BCUT2D eigenvalue weighted by atomic mass is 10.1. The standard InChI is InChI=1S/C22H15Cl2N3O4/c1-12-15(23)10-16(24)21(25-12)27-20(28)11-31-22(29)14-9-18(19-7-4-8-30-19)26-17-6-3-2-5-13(14)17/h2-10H,11H2,1H3,(H,25,27,28). The summed E-state index contributed by atoms with van der Waals surface area (Å²) in [6.45, 7) is 1.16. The van der Waals surface area contributed by atoms with Gasteiger partial charge in [0.1, 0.15) is 5.69 Å². The number of hydrogen-bond acceptors (Lipinski definition) is 6. The summed E-state index contributed by atoms with van der Waals surface area (Å²) in [6.07, 6.45) is 1.52. The van der Waals surface area contributed by atoms with E-state index in [0.717, 1.165) is 0 Å². The number of hydrogen-bond donors (Lipinski definition) is 1. The molecule has 0 spiro atoms. The Morgan fingerprint density at radius 3 is 2.65 bits per heavy atom. The van der Waals surface area contributed by atoms with E-state index in [-0.39, 0.29) is 16.4 Å². The molecule has 3 heterocycles. The van der Waals surface area contributed by atoms with Crippen molar-refractivity contribution in [1.82, 2.24) is 9.97 Å². The van der Waals surface area contributed by atoms with Gasteiger partial charge in [0.2, 0.25) is 0 Å². The van der Waals surface area contributed by atoms with E-state index >= 15 is 0 Å². The Kier molecular flexibility index (Phi) is 5.88. The second kappa shape index (κ2) is 8.75. The van der Waals surface area contributed by atoms with Crippen LogP contribution in [0.4, 0.5) is 5.82 Å². The molecule has 0 aliphatic heterocycles. The molecule has 0 fully saturated rings. The maximum Gasteiger partial charge on any atom is 0.339 e. The van der Waals surface area contributed by atoms with E-state index in [2.05, 4.69) is 15.3 Å². The van der Waals surface area contributed by atoms with E-state index in [9.17, 15) is 9.59 Å². The number of rotatable bonds is 5. The molecule has 0 saturated carbocycles. The molecule has 1 amide bonds. The summed E-state index contributed by atoms with van der Waals surface area (Å²) in [4.78, 5) is 33.7. The molecule has 0 radical (unpaired) electrons. The summed E-state index contributed by atoms with van der Waals surface area (Å²) in [7, 11) is 0. The van der Waals surface area contributed by atoms with Crippen molar-refractivity contribution < 1.29 is 18.7 Å². The summed E-state index contributed by atoms with van der Waals surface area (Å²) >= 11 is 12.0. The van der Waals surface area contributed by atoms with Gasteiger partial charge in [-0.2, -0.15) is 0 Å². The molecule has 0 bridgehead atoms. The number of fused-ring (bicyclic) bond motifs is 1. The van der Waals surface area contributed by atoms with Crippen LogP contribution < -0.4 is 5.32 Å². The Morgan fingerprint density at radius 1 is 1.06 bits per heavy atom. The predicted octanol–water partition coefficient (Wildman–Crippen LogP) is 5.30. The van der Waals surface area contributed by atoms with Crippen LogP contribution in [0.5, 0.6) is 0 Å². The Labute approximate surface area is 187 Å². The number of benzene rings is 1. The zero-order valence-electron chi connectivity index (χ0n) is 16.2. The van der Waals surface area contributed by atoms with E-state index in [4.69, 9.17) is 32.4 Å². The summed E-state index contributed by atoms with van der Waals surface area (Å²) in [5, 5.41) is 3.67. The first-order valence-electron chi connectivity index (χ1n) is 9.15. The van der Waals surface area contributed by atoms with Crippen molar-refractivity contribution in [1.29, 1.82) is 0 Å². The molecule has 1 aromatic carbocycles. The summed E-state index contributed by atoms with van der Waals surface area (Å²) in [5.41, 5.74) is 1.85. The summed E-state index contributed by atoms with van der Waals surface area (Å²) in [5.74, 6) is -0.613. The van der Waals surface area contributed by atoms with Gasteiger partial charge in [-0.1, -0.05) is 41.4 Å². The summed E-state index contributed by atoms with van der Waals surface area (Å²) < 4.78 is 10.6. The number of carbonyl (C=O) groups excluding carboxylic acids is 2. The normalized spacial score (nSPS) is 10.8. The lowest BCUT2D eigenvalue weighted by Gasteiger charge is -2.10. The molecule has 0 aliphatic rings. The lowest BCUT2D eigenvalue weighted by molar-refractivity contribution is -0.119. The molecule has 4 aromatic rings. The number of anilines is 1. The first-order valence-corrected chi connectivity index (χ1v) is 9.91. The highest BCUT2D eigenvalue weighted by Crippen LogP contribution is 2.27. The first-order chi connectivity index (χ1) is 14.9. The van der Waals surface area contributed by atoms with Crippen LogP contribution in [-0.2, 0) is 9.53 Å². The SMILES string of the molecule is Cc1nc(NC(=O)COC(=O)c2cc(-c3ccco3)nc3ccccc23)c(Cl)cc1Cl. The molecule has 3 aromatic heterocycles. The van der Waals surface area contributed by atoms with Crippen molar-refractivity contribution in [3.05, 3.63) is 76.1 Å². The number of halogens is 2. The zero-order chi connectivity index (χ0) is 22.0. The monoisotopic (exact) mass is 455 g/mol. The number of nitrogens with zero attached hydrogens (tertiary/aromatic N) is 2.